The third-order valence-corrected chi connectivity index (χ3v) is 5.83. The first-order valence-electron chi connectivity index (χ1n) is 11.0. The Morgan fingerprint density at radius 2 is 1.82 bits per heavy atom. The fraction of sp³-hybridized carbons (Fsp3) is 0.231. The fourth-order valence-electron chi connectivity index (χ4n) is 3.99. The summed E-state index contributed by atoms with van der Waals surface area (Å²) < 4.78 is 7.10. The predicted molar refractivity (Wildman–Crippen MR) is 131 cm³/mol. The van der Waals surface area contributed by atoms with E-state index in [0.717, 1.165) is 24.3 Å². The summed E-state index contributed by atoms with van der Waals surface area (Å²) in [5.41, 5.74) is 9.90. The molecule has 2 aromatic heterocycles. The smallest absolute Gasteiger partial charge is 0.274 e. The second-order valence-electron chi connectivity index (χ2n) is 8.11. The zero-order chi connectivity index (χ0) is 24.2. The number of fused-ring (bicyclic) bond motifs is 1. The molecule has 2 heterocycles. The number of nitrogens with zero attached hydrogens (tertiary/aromatic N) is 3. The van der Waals surface area contributed by atoms with Crippen LogP contribution >= 0.6 is 0 Å². The molecule has 0 saturated heterocycles. The second-order valence-corrected chi connectivity index (χ2v) is 8.11. The Hall–Kier alpha value is -4.20. The molecular weight excluding hydrogens is 430 g/mol. The van der Waals surface area contributed by atoms with Crippen LogP contribution in [0.25, 0.3) is 10.9 Å². The van der Waals surface area contributed by atoms with Crippen LogP contribution in [-0.4, -0.2) is 33.7 Å². The zero-order valence-electron chi connectivity index (χ0n) is 19.5. The first-order valence-corrected chi connectivity index (χ1v) is 11.0. The summed E-state index contributed by atoms with van der Waals surface area (Å²) >= 11 is 0. The van der Waals surface area contributed by atoms with E-state index in [-0.39, 0.29) is 11.3 Å². The lowest BCUT2D eigenvalue weighted by Crippen LogP contribution is -2.18. The quantitative estimate of drug-likeness (QED) is 0.415. The van der Waals surface area contributed by atoms with Gasteiger partial charge < -0.3 is 15.8 Å². The number of amides is 2. The minimum absolute atomic E-state index is 0.124. The van der Waals surface area contributed by atoms with Gasteiger partial charge in [0.25, 0.3) is 5.91 Å². The summed E-state index contributed by atoms with van der Waals surface area (Å²) in [5, 5.41) is 8.13. The SMILES string of the molecule is COc1ccc(CCCn2nc(C)c(NC(=O)c3cc(C(N)=O)c4ccccc4n3)c2C)cc1. The van der Waals surface area contributed by atoms with Crippen LogP contribution in [0.2, 0.25) is 0 Å². The van der Waals surface area contributed by atoms with Crippen molar-refractivity contribution in [1.29, 1.82) is 0 Å². The predicted octanol–water partition coefficient (Wildman–Crippen LogP) is 4.04. The van der Waals surface area contributed by atoms with Crippen LogP contribution in [0.4, 0.5) is 5.69 Å². The largest absolute Gasteiger partial charge is 0.497 e. The van der Waals surface area contributed by atoms with E-state index in [1.165, 1.54) is 11.6 Å². The highest BCUT2D eigenvalue weighted by Crippen LogP contribution is 2.23. The van der Waals surface area contributed by atoms with Gasteiger partial charge in [-0.1, -0.05) is 30.3 Å². The van der Waals surface area contributed by atoms with Gasteiger partial charge in [-0.2, -0.15) is 5.10 Å². The average Bonchev–Trinajstić information content (AvgIpc) is 3.11. The van der Waals surface area contributed by atoms with Gasteiger partial charge in [-0.3, -0.25) is 14.3 Å². The Labute approximate surface area is 197 Å². The van der Waals surface area contributed by atoms with Gasteiger partial charge in [-0.15, -0.1) is 0 Å². The molecule has 0 spiro atoms. The first-order chi connectivity index (χ1) is 16.4. The van der Waals surface area contributed by atoms with Crippen molar-refractivity contribution in [2.45, 2.75) is 33.2 Å². The van der Waals surface area contributed by atoms with E-state index in [0.29, 0.717) is 28.8 Å². The molecule has 4 aromatic rings. The van der Waals surface area contributed by atoms with Crippen molar-refractivity contribution in [2.24, 2.45) is 5.73 Å². The molecule has 0 aliphatic rings. The first kappa shape index (κ1) is 23.0. The molecule has 0 bridgehead atoms. The van der Waals surface area contributed by atoms with Gasteiger partial charge in [0.1, 0.15) is 11.4 Å². The Balaban J connectivity index is 1.49. The normalized spacial score (nSPS) is 10.9. The molecular formula is C26H27N5O3. The number of aryl methyl sites for hydroxylation is 3. The van der Waals surface area contributed by atoms with Crippen molar-refractivity contribution in [2.75, 3.05) is 12.4 Å². The number of carbonyl (C=O) groups is 2. The molecule has 0 radical (unpaired) electrons. The van der Waals surface area contributed by atoms with Crippen molar-refractivity contribution >= 4 is 28.4 Å². The van der Waals surface area contributed by atoms with E-state index in [1.807, 2.05) is 30.7 Å². The molecule has 2 aromatic carbocycles. The number of aromatic nitrogens is 3. The highest BCUT2D eigenvalue weighted by Gasteiger charge is 2.19. The van der Waals surface area contributed by atoms with Gasteiger partial charge in [0.15, 0.2) is 0 Å². The van der Waals surface area contributed by atoms with E-state index < -0.39 is 11.8 Å². The second kappa shape index (κ2) is 9.74. The Morgan fingerprint density at radius 1 is 1.09 bits per heavy atom. The molecule has 174 valence electrons. The molecule has 8 heteroatoms. The Bertz CT molecular complexity index is 1360. The molecule has 8 nitrogen and oxygen atoms in total. The van der Waals surface area contributed by atoms with Crippen molar-refractivity contribution < 1.29 is 14.3 Å². The van der Waals surface area contributed by atoms with Crippen molar-refractivity contribution in [3.8, 4) is 5.75 Å². The van der Waals surface area contributed by atoms with Gasteiger partial charge >= 0.3 is 0 Å². The number of benzene rings is 2. The van der Waals surface area contributed by atoms with Gasteiger partial charge in [0, 0.05) is 11.9 Å². The van der Waals surface area contributed by atoms with Gasteiger partial charge in [-0.05, 0) is 56.5 Å². The molecule has 0 unspecified atom stereocenters. The summed E-state index contributed by atoms with van der Waals surface area (Å²) in [6.07, 6.45) is 1.80. The van der Waals surface area contributed by atoms with Gasteiger partial charge in [-0.25, -0.2) is 4.98 Å². The van der Waals surface area contributed by atoms with Crippen LogP contribution in [-0.2, 0) is 13.0 Å². The van der Waals surface area contributed by atoms with E-state index in [9.17, 15) is 9.59 Å². The highest BCUT2D eigenvalue weighted by molar-refractivity contribution is 6.10. The lowest BCUT2D eigenvalue weighted by molar-refractivity contribution is 0.100. The number of ether oxygens (including phenoxy) is 1. The van der Waals surface area contributed by atoms with E-state index in [1.54, 1.807) is 31.4 Å². The maximum absolute atomic E-state index is 13.0. The number of carbonyl (C=O) groups excluding carboxylic acids is 2. The maximum Gasteiger partial charge on any atom is 0.274 e. The Kier molecular flexibility index (Phi) is 6.58. The lowest BCUT2D eigenvalue weighted by Gasteiger charge is -2.09. The number of hydrogen-bond donors (Lipinski definition) is 2. The third kappa shape index (κ3) is 4.76. The molecule has 0 fully saturated rings. The zero-order valence-corrected chi connectivity index (χ0v) is 19.5. The summed E-state index contributed by atoms with van der Waals surface area (Å²) in [5.74, 6) is -0.187. The number of hydrogen-bond acceptors (Lipinski definition) is 5. The topological polar surface area (TPSA) is 112 Å². The van der Waals surface area contributed by atoms with Crippen LogP contribution in [0, 0.1) is 13.8 Å². The number of para-hydroxylation sites is 1. The van der Waals surface area contributed by atoms with Crippen LogP contribution in [0.3, 0.4) is 0 Å². The number of nitrogens with one attached hydrogen (secondary N) is 1. The number of methoxy groups -OCH3 is 1. The van der Waals surface area contributed by atoms with Gasteiger partial charge in [0.2, 0.25) is 5.91 Å². The van der Waals surface area contributed by atoms with E-state index in [4.69, 9.17) is 10.5 Å². The molecule has 0 aliphatic carbocycles. The van der Waals surface area contributed by atoms with Crippen LogP contribution in [0.1, 0.15) is 44.2 Å². The van der Waals surface area contributed by atoms with Crippen LogP contribution in [0.15, 0.2) is 54.6 Å². The summed E-state index contributed by atoms with van der Waals surface area (Å²) in [7, 11) is 1.65. The monoisotopic (exact) mass is 457 g/mol. The molecule has 2 amide bonds. The van der Waals surface area contributed by atoms with Crippen molar-refractivity contribution in [3.63, 3.8) is 0 Å². The van der Waals surface area contributed by atoms with Crippen molar-refractivity contribution in [3.05, 3.63) is 82.8 Å². The van der Waals surface area contributed by atoms with Crippen LogP contribution < -0.4 is 15.8 Å². The lowest BCUT2D eigenvalue weighted by atomic mass is 10.1. The number of primary amides is 1. The van der Waals surface area contributed by atoms with Crippen molar-refractivity contribution in [1.82, 2.24) is 14.8 Å². The minimum Gasteiger partial charge on any atom is -0.497 e. The van der Waals surface area contributed by atoms with Gasteiger partial charge in [0.05, 0.1) is 35.3 Å². The van der Waals surface area contributed by atoms with E-state index >= 15 is 0 Å². The average molecular weight is 458 g/mol. The number of pyridine rings is 1. The summed E-state index contributed by atoms with van der Waals surface area (Å²) in [6, 6.07) is 16.6. The number of anilines is 1. The summed E-state index contributed by atoms with van der Waals surface area (Å²) in [6.45, 7) is 4.49. The number of nitrogens with two attached hydrogens (primary N) is 1. The Morgan fingerprint density at radius 3 is 2.53 bits per heavy atom. The summed E-state index contributed by atoms with van der Waals surface area (Å²) in [4.78, 5) is 29.4. The third-order valence-electron chi connectivity index (χ3n) is 5.83. The fourth-order valence-corrected chi connectivity index (χ4v) is 3.99. The molecule has 34 heavy (non-hydrogen) atoms. The highest BCUT2D eigenvalue weighted by atomic mass is 16.5. The molecule has 3 N–H and O–H groups in total. The molecule has 0 saturated carbocycles. The van der Waals surface area contributed by atoms with Crippen LogP contribution in [0.5, 0.6) is 5.75 Å². The molecule has 0 aliphatic heterocycles. The van der Waals surface area contributed by atoms with E-state index in [2.05, 4.69) is 27.5 Å². The standard InChI is InChI=1S/C26H27N5O3/c1-16-24(17(2)31(30-16)14-6-7-18-10-12-19(34-3)13-11-18)29-26(33)23-15-21(25(27)32)20-8-4-5-9-22(20)28-23/h4-5,8-13,15H,6-7,14H2,1-3H3,(H2,27,32)(H,29,33). The maximum atomic E-state index is 13.0. The molecule has 4 rings (SSSR count). The number of rotatable bonds is 8. The molecule has 0 atom stereocenters. The minimum atomic E-state index is -0.607.